The smallest absolute Gasteiger partial charge is 0.251 e. The molecule has 1 aromatic heterocycles. The number of nitrogens with one attached hydrogen (secondary N) is 1. The second-order valence-corrected chi connectivity index (χ2v) is 5.86. The third kappa shape index (κ3) is 3.36. The van der Waals surface area contributed by atoms with Crippen LogP contribution in [-0.4, -0.2) is 11.9 Å². The van der Waals surface area contributed by atoms with Crippen LogP contribution in [0.15, 0.2) is 29.6 Å². The molecule has 0 aliphatic heterocycles. The Labute approximate surface area is 121 Å². The maximum Gasteiger partial charge on any atom is 0.251 e. The monoisotopic (exact) mass is 292 g/mol. The fourth-order valence-electron chi connectivity index (χ4n) is 1.92. The van der Waals surface area contributed by atoms with Crippen LogP contribution in [-0.2, 0) is 6.42 Å². The molecule has 0 spiro atoms. The molecule has 0 aliphatic rings. The van der Waals surface area contributed by atoms with Gasteiger partial charge in [0, 0.05) is 34.2 Å². The predicted octanol–water partition coefficient (Wildman–Crippen LogP) is 3.14. The number of hydrogen-bond donors (Lipinski definition) is 2. The second kappa shape index (κ2) is 6.05. The molecule has 0 fully saturated rings. The number of nitrogens with two attached hydrogens (primary N) is 1. The first kappa shape index (κ1) is 14.5. The molecule has 5 heteroatoms. The number of hydrogen-bond acceptors (Lipinski definition) is 3. The topological polar surface area (TPSA) is 55.1 Å². The van der Waals surface area contributed by atoms with Gasteiger partial charge in [-0.3, -0.25) is 4.79 Å². The van der Waals surface area contributed by atoms with E-state index in [2.05, 4.69) is 5.32 Å². The minimum Gasteiger partial charge on any atom is -0.398 e. The highest BCUT2D eigenvalue weighted by atomic mass is 32.1. The lowest BCUT2D eigenvalue weighted by molar-refractivity contribution is 0.0940. The van der Waals surface area contributed by atoms with E-state index in [1.165, 1.54) is 17.0 Å². The number of amides is 1. The maximum atomic E-state index is 13.6. The summed E-state index contributed by atoms with van der Waals surface area (Å²) in [5, 5.41) is 4.85. The number of thiophene rings is 1. The molecule has 2 aromatic rings. The third-order valence-electron chi connectivity index (χ3n) is 3.11. The first-order chi connectivity index (χ1) is 9.47. The van der Waals surface area contributed by atoms with Crippen LogP contribution in [0.4, 0.5) is 10.1 Å². The first-order valence-electron chi connectivity index (χ1n) is 6.36. The van der Waals surface area contributed by atoms with Crippen molar-refractivity contribution in [2.24, 2.45) is 0 Å². The standard InChI is InChI=1S/C15H17FN2OS/c1-9(6-12-4-3-5-20-12)18-15(19)11-7-13(16)10(2)14(17)8-11/h3-5,7-9H,6,17H2,1-2H3,(H,18,19). The SMILES string of the molecule is Cc1c(N)cc(C(=O)NC(C)Cc2cccs2)cc1F. The van der Waals surface area contributed by atoms with Gasteiger partial charge >= 0.3 is 0 Å². The summed E-state index contributed by atoms with van der Waals surface area (Å²) >= 11 is 1.65. The van der Waals surface area contributed by atoms with Crippen LogP contribution in [0.5, 0.6) is 0 Å². The summed E-state index contributed by atoms with van der Waals surface area (Å²) in [6.07, 6.45) is 0.757. The molecular weight excluding hydrogens is 275 g/mol. The number of carbonyl (C=O) groups excluding carboxylic acids is 1. The Hall–Kier alpha value is -1.88. The van der Waals surface area contributed by atoms with E-state index in [9.17, 15) is 9.18 Å². The Morgan fingerprint density at radius 3 is 2.85 bits per heavy atom. The second-order valence-electron chi connectivity index (χ2n) is 4.83. The molecule has 0 saturated heterocycles. The number of carbonyl (C=O) groups is 1. The summed E-state index contributed by atoms with van der Waals surface area (Å²) in [6.45, 7) is 3.51. The largest absolute Gasteiger partial charge is 0.398 e. The lowest BCUT2D eigenvalue weighted by atomic mass is 10.1. The number of benzene rings is 1. The van der Waals surface area contributed by atoms with E-state index in [4.69, 9.17) is 5.73 Å². The number of anilines is 1. The molecule has 3 nitrogen and oxygen atoms in total. The van der Waals surface area contributed by atoms with Crippen LogP contribution in [0, 0.1) is 12.7 Å². The molecule has 0 bridgehead atoms. The van der Waals surface area contributed by atoms with Gasteiger partial charge in [-0.2, -0.15) is 0 Å². The van der Waals surface area contributed by atoms with E-state index >= 15 is 0 Å². The van der Waals surface area contributed by atoms with Crippen molar-refractivity contribution in [1.29, 1.82) is 0 Å². The Morgan fingerprint density at radius 1 is 1.50 bits per heavy atom. The molecule has 1 amide bonds. The van der Waals surface area contributed by atoms with E-state index in [-0.39, 0.29) is 17.5 Å². The van der Waals surface area contributed by atoms with E-state index in [0.29, 0.717) is 11.3 Å². The molecule has 2 rings (SSSR count). The zero-order valence-electron chi connectivity index (χ0n) is 11.4. The molecule has 1 unspecified atom stereocenters. The van der Waals surface area contributed by atoms with Gasteiger partial charge < -0.3 is 11.1 Å². The minimum atomic E-state index is -0.457. The van der Waals surface area contributed by atoms with Crippen molar-refractivity contribution in [3.8, 4) is 0 Å². The quantitative estimate of drug-likeness (QED) is 0.851. The molecular formula is C15H17FN2OS. The van der Waals surface area contributed by atoms with Crippen LogP contribution < -0.4 is 11.1 Å². The molecule has 1 aromatic carbocycles. The molecule has 1 heterocycles. The van der Waals surface area contributed by atoms with Gasteiger partial charge in [0.2, 0.25) is 0 Å². The van der Waals surface area contributed by atoms with Gasteiger partial charge in [-0.05, 0) is 37.4 Å². The van der Waals surface area contributed by atoms with Crippen LogP contribution in [0.2, 0.25) is 0 Å². The van der Waals surface area contributed by atoms with Gasteiger partial charge in [-0.1, -0.05) is 6.07 Å². The van der Waals surface area contributed by atoms with Gasteiger partial charge in [0.15, 0.2) is 0 Å². The number of nitrogen functional groups attached to an aromatic ring is 1. The van der Waals surface area contributed by atoms with E-state index in [1.54, 1.807) is 18.3 Å². The summed E-state index contributed by atoms with van der Waals surface area (Å²) in [7, 11) is 0. The summed E-state index contributed by atoms with van der Waals surface area (Å²) in [4.78, 5) is 13.3. The zero-order valence-corrected chi connectivity index (χ0v) is 12.3. The molecule has 3 N–H and O–H groups in total. The van der Waals surface area contributed by atoms with Gasteiger partial charge in [0.25, 0.3) is 5.91 Å². The van der Waals surface area contributed by atoms with E-state index in [0.717, 1.165) is 6.42 Å². The van der Waals surface area contributed by atoms with Crippen molar-refractivity contribution in [3.05, 3.63) is 51.5 Å². The molecule has 1 atom stereocenters. The van der Waals surface area contributed by atoms with Crippen molar-refractivity contribution >= 4 is 22.9 Å². The maximum absolute atomic E-state index is 13.6. The van der Waals surface area contributed by atoms with E-state index < -0.39 is 5.82 Å². The van der Waals surface area contributed by atoms with Crippen LogP contribution in [0.25, 0.3) is 0 Å². The van der Waals surface area contributed by atoms with Crippen molar-refractivity contribution < 1.29 is 9.18 Å². The van der Waals surface area contributed by atoms with Crippen molar-refractivity contribution in [2.75, 3.05) is 5.73 Å². The fourth-order valence-corrected chi connectivity index (χ4v) is 2.76. The Balaban J connectivity index is 2.04. The Morgan fingerprint density at radius 2 is 2.25 bits per heavy atom. The van der Waals surface area contributed by atoms with Crippen molar-refractivity contribution in [3.63, 3.8) is 0 Å². The van der Waals surface area contributed by atoms with Gasteiger partial charge in [-0.15, -0.1) is 11.3 Å². The molecule has 20 heavy (non-hydrogen) atoms. The van der Waals surface area contributed by atoms with Crippen molar-refractivity contribution in [2.45, 2.75) is 26.3 Å². The van der Waals surface area contributed by atoms with Gasteiger partial charge in [0.1, 0.15) is 5.82 Å². The minimum absolute atomic E-state index is 0.0215. The Bertz CT molecular complexity index is 587. The van der Waals surface area contributed by atoms with Crippen LogP contribution in [0.1, 0.15) is 27.7 Å². The highest BCUT2D eigenvalue weighted by Gasteiger charge is 2.14. The molecule has 0 saturated carbocycles. The zero-order chi connectivity index (χ0) is 14.7. The lowest BCUT2D eigenvalue weighted by Crippen LogP contribution is -2.34. The number of halogens is 1. The van der Waals surface area contributed by atoms with Crippen molar-refractivity contribution in [1.82, 2.24) is 5.32 Å². The predicted molar refractivity (Wildman–Crippen MR) is 80.5 cm³/mol. The molecule has 106 valence electrons. The summed E-state index contributed by atoms with van der Waals surface area (Å²) in [6, 6.07) is 6.71. The summed E-state index contributed by atoms with van der Waals surface area (Å²) < 4.78 is 13.6. The van der Waals surface area contributed by atoms with Gasteiger partial charge in [0.05, 0.1) is 0 Å². The highest BCUT2D eigenvalue weighted by Crippen LogP contribution is 2.18. The lowest BCUT2D eigenvalue weighted by Gasteiger charge is -2.14. The third-order valence-corrected chi connectivity index (χ3v) is 4.01. The fraction of sp³-hybridized carbons (Fsp3) is 0.267. The summed E-state index contributed by atoms with van der Waals surface area (Å²) in [5.74, 6) is -0.763. The summed E-state index contributed by atoms with van der Waals surface area (Å²) in [5.41, 5.74) is 6.60. The van der Waals surface area contributed by atoms with E-state index in [1.807, 2.05) is 24.4 Å². The Kier molecular flexibility index (Phi) is 4.39. The number of rotatable bonds is 4. The molecule has 0 aliphatic carbocycles. The first-order valence-corrected chi connectivity index (χ1v) is 7.24. The van der Waals surface area contributed by atoms with Crippen LogP contribution >= 0.6 is 11.3 Å². The normalized spacial score (nSPS) is 12.2. The average Bonchev–Trinajstić information content (AvgIpc) is 2.87. The molecule has 0 radical (unpaired) electrons. The van der Waals surface area contributed by atoms with Crippen LogP contribution in [0.3, 0.4) is 0 Å². The van der Waals surface area contributed by atoms with Gasteiger partial charge in [-0.25, -0.2) is 4.39 Å². The average molecular weight is 292 g/mol. The highest BCUT2D eigenvalue weighted by molar-refractivity contribution is 7.09.